The van der Waals surface area contributed by atoms with Crippen molar-refractivity contribution in [1.29, 1.82) is 0 Å². The van der Waals surface area contributed by atoms with E-state index in [0.717, 1.165) is 40.1 Å². The number of hydrogen-bond acceptors (Lipinski definition) is 5. The minimum absolute atomic E-state index is 0.278. The number of nitrogens with one attached hydrogen (secondary N) is 1. The van der Waals surface area contributed by atoms with E-state index in [0.29, 0.717) is 13.1 Å². The highest BCUT2D eigenvalue weighted by atomic mass is 16.7. The van der Waals surface area contributed by atoms with Crippen LogP contribution in [-0.2, 0) is 13.1 Å². The van der Waals surface area contributed by atoms with E-state index in [1.165, 1.54) is 0 Å². The Morgan fingerprint density at radius 3 is 2.67 bits per heavy atom. The number of guanidine groups is 1. The van der Waals surface area contributed by atoms with Crippen molar-refractivity contribution < 1.29 is 18.9 Å². The lowest BCUT2D eigenvalue weighted by molar-refractivity contribution is 0.174. The van der Waals surface area contributed by atoms with E-state index in [9.17, 15) is 0 Å². The van der Waals surface area contributed by atoms with E-state index >= 15 is 0 Å². The first-order valence-corrected chi connectivity index (χ1v) is 8.65. The summed E-state index contributed by atoms with van der Waals surface area (Å²) in [6.45, 7) is 1.56. The van der Waals surface area contributed by atoms with Gasteiger partial charge in [0, 0.05) is 38.8 Å². The van der Waals surface area contributed by atoms with E-state index in [1.54, 1.807) is 21.3 Å². The molecule has 0 atom stereocenters. The van der Waals surface area contributed by atoms with Gasteiger partial charge in [-0.25, -0.2) is 0 Å². The number of rotatable bonds is 6. The molecule has 1 aliphatic heterocycles. The number of nitrogens with zero attached hydrogens (tertiary/aromatic N) is 2. The Labute approximate surface area is 159 Å². The van der Waals surface area contributed by atoms with Gasteiger partial charge in [0.2, 0.25) is 6.79 Å². The van der Waals surface area contributed by atoms with Gasteiger partial charge in [-0.1, -0.05) is 6.07 Å². The van der Waals surface area contributed by atoms with Crippen LogP contribution in [0.2, 0.25) is 0 Å². The quantitative estimate of drug-likeness (QED) is 0.622. The fourth-order valence-electron chi connectivity index (χ4n) is 2.93. The Kier molecular flexibility index (Phi) is 5.90. The molecule has 27 heavy (non-hydrogen) atoms. The van der Waals surface area contributed by atoms with Crippen molar-refractivity contribution in [2.24, 2.45) is 4.99 Å². The first-order valence-electron chi connectivity index (χ1n) is 8.65. The van der Waals surface area contributed by atoms with E-state index in [1.807, 2.05) is 48.3 Å². The lowest BCUT2D eigenvalue weighted by Gasteiger charge is -2.23. The average Bonchev–Trinajstić information content (AvgIpc) is 3.16. The lowest BCUT2D eigenvalue weighted by Crippen LogP contribution is -2.38. The minimum Gasteiger partial charge on any atom is -0.497 e. The second kappa shape index (κ2) is 8.53. The summed E-state index contributed by atoms with van der Waals surface area (Å²) >= 11 is 0. The summed E-state index contributed by atoms with van der Waals surface area (Å²) in [6.07, 6.45) is 0. The molecule has 0 saturated carbocycles. The maximum absolute atomic E-state index is 5.48. The molecule has 0 radical (unpaired) electrons. The van der Waals surface area contributed by atoms with Gasteiger partial charge in [0.1, 0.15) is 11.5 Å². The molecule has 0 aliphatic carbocycles. The van der Waals surface area contributed by atoms with E-state index in [4.69, 9.17) is 18.9 Å². The van der Waals surface area contributed by atoms with Crippen LogP contribution in [0.3, 0.4) is 0 Å². The molecule has 0 aromatic heterocycles. The standard InChI is InChI=1S/C20H25N3O4/c1-21-20(22-11-14-5-8-17-19(9-14)27-13-26-17)23(2)12-15-6-7-16(24-3)10-18(15)25-4/h5-10H,11-13H2,1-4H3,(H,21,22). The van der Waals surface area contributed by atoms with Gasteiger partial charge in [-0.3, -0.25) is 4.99 Å². The van der Waals surface area contributed by atoms with Gasteiger partial charge in [-0.15, -0.1) is 0 Å². The Hall–Kier alpha value is -3.09. The Morgan fingerprint density at radius 2 is 1.93 bits per heavy atom. The molecule has 0 fully saturated rings. The molecule has 0 bridgehead atoms. The Balaban J connectivity index is 1.63. The zero-order valence-corrected chi connectivity index (χ0v) is 16.1. The van der Waals surface area contributed by atoms with Gasteiger partial charge in [0.15, 0.2) is 17.5 Å². The molecule has 3 rings (SSSR count). The van der Waals surface area contributed by atoms with Crippen molar-refractivity contribution >= 4 is 5.96 Å². The van der Waals surface area contributed by atoms with Gasteiger partial charge in [0.25, 0.3) is 0 Å². The van der Waals surface area contributed by atoms with Crippen LogP contribution >= 0.6 is 0 Å². The van der Waals surface area contributed by atoms with E-state index < -0.39 is 0 Å². The smallest absolute Gasteiger partial charge is 0.231 e. The fraction of sp³-hybridized carbons (Fsp3) is 0.350. The lowest BCUT2D eigenvalue weighted by atomic mass is 10.2. The molecule has 1 heterocycles. The maximum atomic E-state index is 5.48. The molecule has 144 valence electrons. The number of ether oxygens (including phenoxy) is 4. The van der Waals surface area contributed by atoms with Crippen LogP contribution in [0.4, 0.5) is 0 Å². The predicted molar refractivity (Wildman–Crippen MR) is 104 cm³/mol. The number of benzene rings is 2. The van der Waals surface area contributed by atoms with Crippen molar-refractivity contribution in [2.75, 3.05) is 35.1 Å². The molecule has 1 aliphatic rings. The first kappa shape index (κ1) is 18.7. The highest BCUT2D eigenvalue weighted by molar-refractivity contribution is 5.79. The number of methoxy groups -OCH3 is 2. The molecule has 2 aromatic carbocycles. The van der Waals surface area contributed by atoms with Gasteiger partial charge in [0.05, 0.1) is 14.2 Å². The van der Waals surface area contributed by atoms with Crippen LogP contribution in [0.5, 0.6) is 23.0 Å². The Morgan fingerprint density at radius 1 is 1.11 bits per heavy atom. The topological polar surface area (TPSA) is 64.6 Å². The molecule has 0 unspecified atom stereocenters. The van der Waals surface area contributed by atoms with Crippen molar-refractivity contribution in [1.82, 2.24) is 10.2 Å². The van der Waals surface area contributed by atoms with Crippen LogP contribution in [0.1, 0.15) is 11.1 Å². The van der Waals surface area contributed by atoms with Crippen LogP contribution in [-0.4, -0.2) is 46.0 Å². The van der Waals surface area contributed by atoms with Crippen molar-refractivity contribution in [3.63, 3.8) is 0 Å². The van der Waals surface area contributed by atoms with Crippen molar-refractivity contribution in [3.8, 4) is 23.0 Å². The zero-order chi connectivity index (χ0) is 19.2. The summed E-state index contributed by atoms with van der Waals surface area (Å²) < 4.78 is 21.5. The van der Waals surface area contributed by atoms with Crippen LogP contribution in [0.25, 0.3) is 0 Å². The normalized spacial score (nSPS) is 12.7. The number of fused-ring (bicyclic) bond motifs is 1. The minimum atomic E-state index is 0.278. The largest absolute Gasteiger partial charge is 0.497 e. The average molecular weight is 371 g/mol. The number of hydrogen-bond donors (Lipinski definition) is 1. The van der Waals surface area contributed by atoms with Crippen LogP contribution < -0.4 is 24.3 Å². The molecule has 7 nitrogen and oxygen atoms in total. The molecule has 1 N–H and O–H groups in total. The van der Waals surface area contributed by atoms with E-state index in [-0.39, 0.29) is 6.79 Å². The zero-order valence-electron chi connectivity index (χ0n) is 16.1. The van der Waals surface area contributed by atoms with Crippen LogP contribution in [0, 0.1) is 0 Å². The second-order valence-electron chi connectivity index (χ2n) is 6.12. The Bertz CT molecular complexity index is 823. The molecule has 0 saturated heterocycles. The highest BCUT2D eigenvalue weighted by Gasteiger charge is 2.14. The third kappa shape index (κ3) is 4.36. The summed E-state index contributed by atoms with van der Waals surface area (Å²) in [5.41, 5.74) is 2.14. The molecular formula is C20H25N3O4. The summed E-state index contributed by atoms with van der Waals surface area (Å²) in [5, 5.41) is 3.37. The van der Waals surface area contributed by atoms with Gasteiger partial charge in [-0.05, 0) is 29.8 Å². The molecule has 2 aromatic rings. The highest BCUT2D eigenvalue weighted by Crippen LogP contribution is 2.32. The summed E-state index contributed by atoms with van der Waals surface area (Å²) in [5.74, 6) is 3.90. The van der Waals surface area contributed by atoms with E-state index in [2.05, 4.69) is 10.3 Å². The summed E-state index contributed by atoms with van der Waals surface area (Å²) in [4.78, 5) is 6.41. The third-order valence-corrected chi connectivity index (χ3v) is 4.36. The van der Waals surface area contributed by atoms with Crippen molar-refractivity contribution in [3.05, 3.63) is 47.5 Å². The second-order valence-corrected chi connectivity index (χ2v) is 6.12. The SMILES string of the molecule is CN=C(NCc1ccc2c(c1)OCO2)N(C)Cc1ccc(OC)cc1OC. The third-order valence-electron chi connectivity index (χ3n) is 4.36. The maximum Gasteiger partial charge on any atom is 0.231 e. The monoisotopic (exact) mass is 371 g/mol. The van der Waals surface area contributed by atoms with Gasteiger partial charge < -0.3 is 29.2 Å². The molecule has 0 amide bonds. The summed E-state index contributed by atoms with van der Waals surface area (Å²) in [6, 6.07) is 11.7. The molecule has 7 heteroatoms. The first-order chi connectivity index (χ1) is 13.1. The fourth-order valence-corrected chi connectivity index (χ4v) is 2.93. The molecule has 0 spiro atoms. The van der Waals surface area contributed by atoms with Crippen LogP contribution in [0.15, 0.2) is 41.4 Å². The molecular weight excluding hydrogens is 346 g/mol. The van der Waals surface area contributed by atoms with Gasteiger partial charge in [-0.2, -0.15) is 0 Å². The van der Waals surface area contributed by atoms with Gasteiger partial charge >= 0.3 is 0 Å². The number of aliphatic imine (C=N–C) groups is 1. The predicted octanol–water partition coefficient (Wildman–Crippen LogP) is 2.64. The van der Waals surface area contributed by atoms with Crippen molar-refractivity contribution in [2.45, 2.75) is 13.1 Å². The summed E-state index contributed by atoms with van der Waals surface area (Å²) in [7, 11) is 7.05.